The molecule has 0 aromatic heterocycles. The van der Waals surface area contributed by atoms with E-state index in [0.29, 0.717) is 25.2 Å². The molecule has 17 heavy (non-hydrogen) atoms. The maximum absolute atomic E-state index is 11.8. The predicted molar refractivity (Wildman–Crippen MR) is 63.6 cm³/mol. The average molecular weight is 239 g/mol. The van der Waals surface area contributed by atoms with Crippen LogP contribution in [0.2, 0.25) is 0 Å². The molecule has 0 saturated heterocycles. The highest BCUT2D eigenvalue weighted by Crippen LogP contribution is 2.31. The van der Waals surface area contributed by atoms with Gasteiger partial charge in [0.2, 0.25) is 5.91 Å². The molecule has 96 valence electrons. The van der Waals surface area contributed by atoms with Crippen LogP contribution in [-0.4, -0.2) is 22.5 Å². The largest absolute Gasteiger partial charge is 0.480 e. The second-order valence-corrected chi connectivity index (χ2v) is 5.50. The summed E-state index contributed by atoms with van der Waals surface area (Å²) in [6.07, 6.45) is 8.00. The molecule has 2 saturated carbocycles. The summed E-state index contributed by atoms with van der Waals surface area (Å²) in [5.74, 6) is -0.442. The first-order chi connectivity index (χ1) is 8.12. The summed E-state index contributed by atoms with van der Waals surface area (Å²) >= 11 is 0. The molecule has 4 nitrogen and oxygen atoms in total. The fourth-order valence-corrected chi connectivity index (χ4v) is 2.82. The predicted octanol–water partition coefficient (Wildman–Crippen LogP) is 2.08. The average Bonchev–Trinajstić information content (AvgIpc) is 2.25. The Morgan fingerprint density at radius 1 is 1.12 bits per heavy atom. The summed E-state index contributed by atoms with van der Waals surface area (Å²) in [7, 11) is 0. The Labute approximate surface area is 102 Å². The zero-order chi connectivity index (χ0) is 12.3. The lowest BCUT2D eigenvalue weighted by Crippen LogP contribution is -2.55. The second-order valence-electron chi connectivity index (χ2n) is 5.50. The van der Waals surface area contributed by atoms with Crippen molar-refractivity contribution in [2.45, 2.75) is 63.3 Å². The molecule has 0 atom stereocenters. The van der Waals surface area contributed by atoms with Gasteiger partial charge in [0.1, 0.15) is 5.54 Å². The third-order valence-corrected chi connectivity index (χ3v) is 4.19. The van der Waals surface area contributed by atoms with E-state index >= 15 is 0 Å². The maximum atomic E-state index is 11.8. The molecule has 0 aromatic rings. The van der Waals surface area contributed by atoms with E-state index < -0.39 is 11.5 Å². The third-order valence-electron chi connectivity index (χ3n) is 4.19. The summed E-state index contributed by atoms with van der Waals surface area (Å²) in [6.45, 7) is 0. The van der Waals surface area contributed by atoms with E-state index in [-0.39, 0.29) is 5.91 Å². The number of carbonyl (C=O) groups is 2. The van der Waals surface area contributed by atoms with Crippen molar-refractivity contribution in [3.8, 4) is 0 Å². The van der Waals surface area contributed by atoms with Gasteiger partial charge >= 0.3 is 5.97 Å². The summed E-state index contributed by atoms with van der Waals surface area (Å²) < 4.78 is 0. The quantitative estimate of drug-likeness (QED) is 0.789. The van der Waals surface area contributed by atoms with Gasteiger partial charge in [0.15, 0.2) is 0 Å². The summed E-state index contributed by atoms with van der Waals surface area (Å²) in [4.78, 5) is 23.2. The molecule has 2 fully saturated rings. The van der Waals surface area contributed by atoms with Crippen LogP contribution in [0.25, 0.3) is 0 Å². The first kappa shape index (κ1) is 12.4. The van der Waals surface area contributed by atoms with Gasteiger partial charge in [-0.15, -0.1) is 0 Å². The molecule has 2 rings (SSSR count). The van der Waals surface area contributed by atoms with Gasteiger partial charge in [-0.3, -0.25) is 4.79 Å². The highest BCUT2D eigenvalue weighted by Gasteiger charge is 2.41. The molecule has 2 N–H and O–H groups in total. The maximum Gasteiger partial charge on any atom is 0.329 e. The molecular formula is C13H21NO3. The minimum Gasteiger partial charge on any atom is -0.480 e. The van der Waals surface area contributed by atoms with E-state index in [1.807, 2.05) is 0 Å². The van der Waals surface area contributed by atoms with Gasteiger partial charge in [0.05, 0.1) is 0 Å². The van der Waals surface area contributed by atoms with Crippen LogP contribution in [-0.2, 0) is 9.59 Å². The van der Waals surface area contributed by atoms with Crippen LogP contribution in [0.3, 0.4) is 0 Å². The first-order valence-corrected chi connectivity index (χ1v) is 6.67. The Balaban J connectivity index is 1.91. The molecule has 0 bridgehead atoms. The van der Waals surface area contributed by atoms with Crippen LogP contribution in [0.4, 0.5) is 0 Å². The highest BCUT2D eigenvalue weighted by molar-refractivity contribution is 5.87. The minimum absolute atomic E-state index is 0.0704. The van der Waals surface area contributed by atoms with E-state index in [1.54, 1.807) is 0 Å². The Morgan fingerprint density at radius 2 is 1.76 bits per heavy atom. The van der Waals surface area contributed by atoms with Crippen molar-refractivity contribution in [2.75, 3.05) is 0 Å². The molecule has 4 heteroatoms. The van der Waals surface area contributed by atoms with Crippen molar-refractivity contribution in [1.82, 2.24) is 5.32 Å². The summed E-state index contributed by atoms with van der Waals surface area (Å²) in [5, 5.41) is 12.1. The molecule has 0 unspecified atom stereocenters. The number of rotatable bonds is 4. The van der Waals surface area contributed by atoms with Crippen molar-refractivity contribution in [3.63, 3.8) is 0 Å². The minimum atomic E-state index is -0.973. The van der Waals surface area contributed by atoms with Crippen LogP contribution in [0.5, 0.6) is 0 Å². The molecule has 2 aliphatic carbocycles. The zero-order valence-corrected chi connectivity index (χ0v) is 10.2. The van der Waals surface area contributed by atoms with Gasteiger partial charge in [-0.25, -0.2) is 4.79 Å². The molecule has 2 aliphatic rings. The Bertz CT molecular complexity index is 304. The van der Waals surface area contributed by atoms with Crippen molar-refractivity contribution in [2.24, 2.45) is 5.92 Å². The normalized spacial score (nSPS) is 23.8. The molecule has 0 aliphatic heterocycles. The van der Waals surface area contributed by atoms with Crippen LogP contribution >= 0.6 is 0 Å². The van der Waals surface area contributed by atoms with E-state index in [2.05, 4.69) is 5.32 Å². The molecule has 0 radical (unpaired) electrons. The number of carboxylic acid groups (broad SMARTS) is 1. The summed E-state index contributed by atoms with van der Waals surface area (Å²) in [6, 6.07) is 0. The second kappa shape index (κ2) is 5.07. The van der Waals surface area contributed by atoms with Crippen molar-refractivity contribution in [1.29, 1.82) is 0 Å². The van der Waals surface area contributed by atoms with E-state index in [0.717, 1.165) is 32.1 Å². The number of hydrogen-bond donors (Lipinski definition) is 2. The number of carboxylic acids is 1. The Kier molecular flexibility index (Phi) is 3.69. The molecule has 0 spiro atoms. The van der Waals surface area contributed by atoms with Crippen molar-refractivity contribution >= 4 is 11.9 Å². The van der Waals surface area contributed by atoms with Gasteiger partial charge in [-0.2, -0.15) is 0 Å². The lowest BCUT2D eigenvalue weighted by atomic mass is 9.80. The standard InChI is InChI=1S/C13H21NO3/c15-11(9-10-5-4-6-10)14-13(12(16)17)7-2-1-3-8-13/h10H,1-9H2,(H,14,15)(H,16,17). The van der Waals surface area contributed by atoms with Gasteiger partial charge in [0, 0.05) is 6.42 Å². The van der Waals surface area contributed by atoms with Gasteiger partial charge in [0.25, 0.3) is 0 Å². The van der Waals surface area contributed by atoms with Gasteiger partial charge in [-0.1, -0.05) is 25.7 Å². The number of aliphatic carboxylic acids is 1. The monoisotopic (exact) mass is 239 g/mol. The molecular weight excluding hydrogens is 218 g/mol. The lowest BCUT2D eigenvalue weighted by Gasteiger charge is -2.35. The number of nitrogens with one attached hydrogen (secondary N) is 1. The lowest BCUT2D eigenvalue weighted by molar-refractivity contribution is -0.149. The van der Waals surface area contributed by atoms with E-state index in [4.69, 9.17) is 0 Å². The highest BCUT2D eigenvalue weighted by atomic mass is 16.4. The van der Waals surface area contributed by atoms with Crippen LogP contribution in [0.15, 0.2) is 0 Å². The molecule has 0 aromatic carbocycles. The van der Waals surface area contributed by atoms with E-state index in [9.17, 15) is 14.7 Å². The topological polar surface area (TPSA) is 66.4 Å². The SMILES string of the molecule is O=C(CC1CCC1)NC1(C(=O)O)CCCCC1. The fraction of sp³-hybridized carbons (Fsp3) is 0.846. The summed E-state index contributed by atoms with van der Waals surface area (Å²) in [5.41, 5.74) is -0.973. The fourth-order valence-electron chi connectivity index (χ4n) is 2.82. The smallest absolute Gasteiger partial charge is 0.329 e. The van der Waals surface area contributed by atoms with Crippen LogP contribution in [0.1, 0.15) is 57.8 Å². The van der Waals surface area contributed by atoms with Crippen molar-refractivity contribution < 1.29 is 14.7 Å². The molecule has 1 amide bonds. The van der Waals surface area contributed by atoms with Crippen molar-refractivity contribution in [3.05, 3.63) is 0 Å². The Morgan fingerprint density at radius 3 is 2.24 bits per heavy atom. The Hall–Kier alpha value is -1.06. The van der Waals surface area contributed by atoms with Gasteiger partial charge < -0.3 is 10.4 Å². The molecule has 0 heterocycles. The number of amides is 1. The van der Waals surface area contributed by atoms with E-state index in [1.165, 1.54) is 6.42 Å². The van der Waals surface area contributed by atoms with Gasteiger partial charge in [-0.05, 0) is 31.6 Å². The first-order valence-electron chi connectivity index (χ1n) is 6.67. The van der Waals surface area contributed by atoms with Crippen LogP contribution < -0.4 is 5.32 Å². The third kappa shape index (κ3) is 2.79. The van der Waals surface area contributed by atoms with Crippen LogP contribution in [0, 0.1) is 5.92 Å². The zero-order valence-electron chi connectivity index (χ0n) is 10.2. The number of hydrogen-bond acceptors (Lipinski definition) is 2. The number of carbonyl (C=O) groups excluding carboxylic acids is 1.